The Morgan fingerprint density at radius 2 is 2.09 bits per heavy atom. The monoisotopic (exact) mass is 403 g/mol. The van der Waals surface area contributed by atoms with Gasteiger partial charge < -0.3 is 10.6 Å². The van der Waals surface area contributed by atoms with Crippen LogP contribution in [-0.4, -0.2) is 43.0 Å². The van der Waals surface area contributed by atoms with Gasteiger partial charge in [-0.2, -0.15) is 0 Å². The number of halogens is 2. The number of aryl methyl sites for hydroxylation is 1. The molecular formula is C17H27BrClN3O. The maximum atomic E-state index is 12.4. The van der Waals surface area contributed by atoms with Gasteiger partial charge in [-0.25, -0.2) is 0 Å². The highest BCUT2D eigenvalue weighted by atomic mass is 79.9. The number of carbonyl (C=O) groups is 1. The molecule has 2 N–H and O–H groups in total. The second kappa shape index (κ2) is 10.3. The van der Waals surface area contributed by atoms with Crippen molar-refractivity contribution in [3.05, 3.63) is 28.2 Å². The van der Waals surface area contributed by atoms with Crippen LogP contribution >= 0.6 is 28.3 Å². The molecule has 0 spiro atoms. The molecule has 0 atom stereocenters. The molecule has 0 saturated carbocycles. The average Bonchev–Trinajstić information content (AvgIpc) is 2.50. The van der Waals surface area contributed by atoms with Gasteiger partial charge in [-0.05, 0) is 69.6 Å². The molecule has 0 unspecified atom stereocenters. The number of amides is 1. The molecule has 1 amide bonds. The summed E-state index contributed by atoms with van der Waals surface area (Å²) in [4.78, 5) is 14.7. The zero-order chi connectivity index (χ0) is 15.9. The van der Waals surface area contributed by atoms with Crippen molar-refractivity contribution in [1.82, 2.24) is 10.2 Å². The van der Waals surface area contributed by atoms with Gasteiger partial charge >= 0.3 is 0 Å². The van der Waals surface area contributed by atoms with Crippen molar-refractivity contribution in [1.29, 1.82) is 0 Å². The third kappa shape index (κ3) is 6.42. The quantitative estimate of drug-likeness (QED) is 0.761. The number of piperidine rings is 1. The highest BCUT2D eigenvalue weighted by Crippen LogP contribution is 2.20. The standard InChI is InChI=1S/C17H26BrN3O.ClH/c1-3-10-21(15-6-8-19-9-7-15)12-17(22)20-16-5-4-14(18)11-13(16)2;/h4-5,11,15,19H,3,6-10,12H2,1-2H3,(H,20,22);1H. The molecule has 2 rings (SSSR count). The van der Waals surface area contributed by atoms with E-state index in [1.54, 1.807) is 0 Å². The van der Waals surface area contributed by atoms with E-state index < -0.39 is 0 Å². The van der Waals surface area contributed by atoms with Crippen molar-refractivity contribution in [2.45, 2.75) is 39.2 Å². The summed E-state index contributed by atoms with van der Waals surface area (Å²) < 4.78 is 1.03. The summed E-state index contributed by atoms with van der Waals surface area (Å²) in [7, 11) is 0. The Morgan fingerprint density at radius 1 is 1.39 bits per heavy atom. The summed E-state index contributed by atoms with van der Waals surface area (Å²) in [5.74, 6) is 0.0809. The molecule has 6 heteroatoms. The van der Waals surface area contributed by atoms with E-state index in [9.17, 15) is 4.79 Å². The van der Waals surface area contributed by atoms with Gasteiger partial charge in [0.25, 0.3) is 0 Å². The van der Waals surface area contributed by atoms with Gasteiger partial charge in [0, 0.05) is 16.2 Å². The minimum atomic E-state index is 0. The lowest BCUT2D eigenvalue weighted by molar-refractivity contribution is -0.118. The molecular weight excluding hydrogens is 378 g/mol. The van der Waals surface area contributed by atoms with Crippen molar-refractivity contribution in [2.24, 2.45) is 0 Å². The van der Waals surface area contributed by atoms with Crippen LogP contribution in [0.2, 0.25) is 0 Å². The lowest BCUT2D eigenvalue weighted by Gasteiger charge is -2.34. The van der Waals surface area contributed by atoms with E-state index in [0.29, 0.717) is 12.6 Å². The average molecular weight is 405 g/mol. The summed E-state index contributed by atoms with van der Waals surface area (Å²) in [5.41, 5.74) is 1.97. The van der Waals surface area contributed by atoms with Crippen LogP contribution in [0.15, 0.2) is 22.7 Å². The molecule has 130 valence electrons. The van der Waals surface area contributed by atoms with Gasteiger partial charge in [-0.3, -0.25) is 9.69 Å². The Kier molecular flexibility index (Phi) is 9.14. The van der Waals surface area contributed by atoms with Gasteiger partial charge in [0.15, 0.2) is 0 Å². The number of hydrogen-bond donors (Lipinski definition) is 2. The zero-order valence-corrected chi connectivity index (χ0v) is 16.3. The SMILES string of the molecule is CCCN(CC(=O)Nc1ccc(Br)cc1C)C1CCNCC1.Cl. The van der Waals surface area contributed by atoms with Crippen LogP contribution in [0, 0.1) is 6.92 Å². The predicted molar refractivity (Wildman–Crippen MR) is 103 cm³/mol. The topological polar surface area (TPSA) is 44.4 Å². The zero-order valence-electron chi connectivity index (χ0n) is 13.9. The van der Waals surface area contributed by atoms with E-state index in [1.165, 1.54) is 0 Å². The Balaban J connectivity index is 0.00000264. The largest absolute Gasteiger partial charge is 0.325 e. The van der Waals surface area contributed by atoms with Crippen molar-refractivity contribution in [3.63, 3.8) is 0 Å². The second-order valence-electron chi connectivity index (χ2n) is 5.96. The van der Waals surface area contributed by atoms with Crippen LogP contribution in [-0.2, 0) is 4.79 Å². The third-order valence-electron chi connectivity index (χ3n) is 4.15. The maximum Gasteiger partial charge on any atom is 0.238 e. The maximum absolute atomic E-state index is 12.4. The van der Waals surface area contributed by atoms with E-state index in [1.807, 2.05) is 25.1 Å². The normalized spacial score (nSPS) is 15.3. The molecule has 0 aromatic heterocycles. The highest BCUT2D eigenvalue weighted by molar-refractivity contribution is 9.10. The number of nitrogens with zero attached hydrogens (tertiary/aromatic N) is 1. The number of anilines is 1. The van der Waals surface area contributed by atoms with Crippen LogP contribution in [0.3, 0.4) is 0 Å². The van der Waals surface area contributed by atoms with Gasteiger partial charge in [0.1, 0.15) is 0 Å². The molecule has 1 saturated heterocycles. The molecule has 1 aromatic carbocycles. The van der Waals surface area contributed by atoms with Crippen LogP contribution in [0.1, 0.15) is 31.7 Å². The number of benzene rings is 1. The minimum absolute atomic E-state index is 0. The van der Waals surface area contributed by atoms with Crippen molar-refractivity contribution in [3.8, 4) is 0 Å². The molecule has 0 radical (unpaired) electrons. The van der Waals surface area contributed by atoms with Gasteiger partial charge in [0.05, 0.1) is 6.54 Å². The molecule has 0 bridgehead atoms. The molecule has 1 aliphatic heterocycles. The Morgan fingerprint density at radius 3 is 2.70 bits per heavy atom. The minimum Gasteiger partial charge on any atom is -0.325 e. The first-order valence-corrected chi connectivity index (χ1v) is 8.90. The van der Waals surface area contributed by atoms with Crippen LogP contribution in [0.25, 0.3) is 0 Å². The van der Waals surface area contributed by atoms with Crippen molar-refractivity contribution in [2.75, 3.05) is 31.5 Å². The fourth-order valence-corrected chi connectivity index (χ4v) is 3.47. The number of hydrogen-bond acceptors (Lipinski definition) is 3. The van der Waals surface area contributed by atoms with E-state index in [4.69, 9.17) is 0 Å². The molecule has 0 aliphatic carbocycles. The Bertz CT molecular complexity index is 507. The number of rotatable bonds is 6. The lowest BCUT2D eigenvalue weighted by atomic mass is 10.0. The summed E-state index contributed by atoms with van der Waals surface area (Å²) >= 11 is 3.45. The smallest absolute Gasteiger partial charge is 0.238 e. The summed E-state index contributed by atoms with van der Waals surface area (Å²) in [6.45, 7) is 7.75. The Hall–Kier alpha value is -0.620. The molecule has 1 aliphatic rings. The first kappa shape index (κ1) is 20.4. The third-order valence-corrected chi connectivity index (χ3v) is 4.64. The van der Waals surface area contributed by atoms with Gasteiger partial charge in [-0.15, -0.1) is 12.4 Å². The van der Waals surface area contributed by atoms with E-state index >= 15 is 0 Å². The van der Waals surface area contributed by atoms with E-state index in [0.717, 1.165) is 54.6 Å². The first-order chi connectivity index (χ1) is 10.6. The first-order valence-electron chi connectivity index (χ1n) is 8.11. The fourth-order valence-electron chi connectivity index (χ4n) is 2.99. The van der Waals surface area contributed by atoms with E-state index in [2.05, 4.69) is 38.4 Å². The lowest BCUT2D eigenvalue weighted by Crippen LogP contribution is -2.46. The van der Waals surface area contributed by atoms with Gasteiger partial charge in [0.2, 0.25) is 5.91 Å². The van der Waals surface area contributed by atoms with Crippen LogP contribution in [0.5, 0.6) is 0 Å². The van der Waals surface area contributed by atoms with Crippen LogP contribution < -0.4 is 10.6 Å². The van der Waals surface area contributed by atoms with Crippen LogP contribution in [0.4, 0.5) is 5.69 Å². The molecule has 1 aromatic rings. The predicted octanol–water partition coefficient (Wildman–Crippen LogP) is 3.58. The van der Waals surface area contributed by atoms with Crippen molar-refractivity contribution < 1.29 is 4.79 Å². The highest BCUT2D eigenvalue weighted by Gasteiger charge is 2.22. The molecule has 1 heterocycles. The second-order valence-corrected chi connectivity index (χ2v) is 6.87. The van der Waals surface area contributed by atoms with Crippen molar-refractivity contribution >= 4 is 39.9 Å². The summed E-state index contributed by atoms with van der Waals surface area (Å²) in [6, 6.07) is 6.45. The molecule has 23 heavy (non-hydrogen) atoms. The molecule has 1 fully saturated rings. The summed E-state index contributed by atoms with van der Waals surface area (Å²) in [5, 5.41) is 6.43. The van der Waals surface area contributed by atoms with Gasteiger partial charge in [-0.1, -0.05) is 22.9 Å². The number of carbonyl (C=O) groups excluding carboxylic acids is 1. The fraction of sp³-hybridized carbons (Fsp3) is 0.588. The molecule has 4 nitrogen and oxygen atoms in total. The number of nitrogens with one attached hydrogen (secondary N) is 2. The summed E-state index contributed by atoms with van der Waals surface area (Å²) in [6.07, 6.45) is 3.34. The Labute approximate surface area is 153 Å². The van der Waals surface area contributed by atoms with E-state index in [-0.39, 0.29) is 18.3 Å².